The number of piperidine rings is 1. The lowest BCUT2D eigenvalue weighted by Gasteiger charge is -2.18. The SMILES string of the molecule is Cc1cc(CN2CC3C(C2)C3Nc2ccc(-c3cc(F)ccc3F)nn2)nn1C. The van der Waals surface area contributed by atoms with E-state index in [1.54, 1.807) is 12.1 Å². The van der Waals surface area contributed by atoms with Gasteiger partial charge >= 0.3 is 0 Å². The molecule has 2 unspecified atom stereocenters. The Morgan fingerprint density at radius 1 is 1.07 bits per heavy atom. The number of hydrogen-bond donors (Lipinski definition) is 1. The molecule has 0 amide bonds. The summed E-state index contributed by atoms with van der Waals surface area (Å²) in [6.45, 7) is 5.03. The Hall–Kier alpha value is -2.87. The minimum atomic E-state index is -0.513. The summed E-state index contributed by atoms with van der Waals surface area (Å²) in [5.41, 5.74) is 2.72. The van der Waals surface area contributed by atoms with Crippen molar-refractivity contribution in [3.63, 3.8) is 0 Å². The zero-order chi connectivity index (χ0) is 20.1. The van der Waals surface area contributed by atoms with Crippen LogP contribution in [0.1, 0.15) is 11.4 Å². The van der Waals surface area contributed by atoms with E-state index in [9.17, 15) is 8.78 Å². The molecular weight excluding hydrogens is 374 g/mol. The number of fused-ring (bicyclic) bond motifs is 1. The Kier molecular flexibility index (Phi) is 4.31. The van der Waals surface area contributed by atoms with Crippen molar-refractivity contribution in [3.05, 3.63) is 59.4 Å². The molecule has 2 aromatic heterocycles. The minimum Gasteiger partial charge on any atom is -0.365 e. The first-order valence-corrected chi connectivity index (χ1v) is 9.75. The molecule has 0 radical (unpaired) electrons. The third-order valence-corrected chi connectivity index (χ3v) is 6.00. The minimum absolute atomic E-state index is 0.118. The van der Waals surface area contributed by atoms with E-state index in [1.807, 2.05) is 11.7 Å². The van der Waals surface area contributed by atoms with Gasteiger partial charge in [0.25, 0.3) is 0 Å². The van der Waals surface area contributed by atoms with Crippen LogP contribution in [-0.2, 0) is 13.6 Å². The summed E-state index contributed by atoms with van der Waals surface area (Å²) >= 11 is 0. The van der Waals surface area contributed by atoms with Crippen LogP contribution in [0.15, 0.2) is 36.4 Å². The van der Waals surface area contributed by atoms with Crippen LogP contribution >= 0.6 is 0 Å². The molecule has 0 spiro atoms. The summed E-state index contributed by atoms with van der Waals surface area (Å²) in [6, 6.07) is 9.29. The molecule has 1 saturated heterocycles. The molecule has 2 fully saturated rings. The first kappa shape index (κ1) is 18.2. The summed E-state index contributed by atoms with van der Waals surface area (Å²) in [5, 5.41) is 16.2. The molecule has 0 bridgehead atoms. The van der Waals surface area contributed by atoms with Gasteiger partial charge in [-0.05, 0) is 55.2 Å². The van der Waals surface area contributed by atoms with Gasteiger partial charge in [-0.15, -0.1) is 10.2 Å². The van der Waals surface area contributed by atoms with Crippen LogP contribution < -0.4 is 5.32 Å². The summed E-state index contributed by atoms with van der Waals surface area (Å²) in [4.78, 5) is 2.44. The number of hydrogen-bond acceptors (Lipinski definition) is 5. The number of rotatable bonds is 5. The molecule has 5 rings (SSSR count). The Morgan fingerprint density at radius 2 is 1.86 bits per heavy atom. The average molecular weight is 396 g/mol. The summed E-state index contributed by atoms with van der Waals surface area (Å²) in [6.07, 6.45) is 0. The Morgan fingerprint density at radius 3 is 2.52 bits per heavy atom. The van der Waals surface area contributed by atoms with Gasteiger partial charge in [0, 0.05) is 44.0 Å². The maximum atomic E-state index is 13.9. The monoisotopic (exact) mass is 396 g/mol. The van der Waals surface area contributed by atoms with Crippen LogP contribution in [-0.4, -0.2) is 44.0 Å². The lowest BCUT2D eigenvalue weighted by Crippen LogP contribution is -2.28. The highest BCUT2D eigenvalue weighted by atomic mass is 19.1. The van der Waals surface area contributed by atoms with E-state index in [4.69, 9.17) is 0 Å². The number of aromatic nitrogens is 4. The Bertz CT molecular complexity index is 1020. The van der Waals surface area contributed by atoms with Crippen LogP contribution in [0.2, 0.25) is 0 Å². The molecule has 1 aromatic carbocycles. The van der Waals surface area contributed by atoms with Crippen molar-refractivity contribution >= 4 is 5.82 Å². The Balaban J connectivity index is 1.18. The first-order chi connectivity index (χ1) is 14.0. The van der Waals surface area contributed by atoms with E-state index >= 15 is 0 Å². The van der Waals surface area contributed by atoms with Crippen LogP contribution in [0.3, 0.4) is 0 Å². The average Bonchev–Trinajstić information content (AvgIpc) is 3.00. The summed E-state index contributed by atoms with van der Waals surface area (Å²) in [7, 11) is 1.97. The molecule has 1 aliphatic heterocycles. The van der Waals surface area contributed by atoms with Crippen molar-refractivity contribution in [1.29, 1.82) is 0 Å². The maximum Gasteiger partial charge on any atom is 0.148 e. The number of anilines is 1. The lowest BCUT2D eigenvalue weighted by molar-refractivity contribution is 0.288. The van der Waals surface area contributed by atoms with E-state index in [0.29, 0.717) is 29.4 Å². The number of nitrogens with one attached hydrogen (secondary N) is 1. The molecule has 150 valence electrons. The van der Waals surface area contributed by atoms with Crippen molar-refractivity contribution < 1.29 is 8.78 Å². The Labute approximate surface area is 167 Å². The number of benzene rings is 1. The van der Waals surface area contributed by atoms with Gasteiger partial charge in [0.15, 0.2) is 0 Å². The van der Waals surface area contributed by atoms with Gasteiger partial charge in [-0.25, -0.2) is 8.78 Å². The van der Waals surface area contributed by atoms with Gasteiger partial charge in [-0.2, -0.15) is 5.10 Å². The van der Waals surface area contributed by atoms with E-state index in [2.05, 4.69) is 38.5 Å². The molecule has 2 aliphatic rings. The smallest absolute Gasteiger partial charge is 0.148 e. The normalized spacial score (nSPS) is 23.2. The number of likely N-dealkylation sites (tertiary alicyclic amines) is 1. The zero-order valence-electron chi connectivity index (χ0n) is 16.3. The summed E-state index contributed by atoms with van der Waals surface area (Å²) < 4.78 is 29.2. The van der Waals surface area contributed by atoms with Gasteiger partial charge in [0.05, 0.1) is 11.4 Å². The fourth-order valence-electron chi connectivity index (χ4n) is 4.32. The molecule has 1 saturated carbocycles. The van der Waals surface area contributed by atoms with Crippen LogP contribution in [0.5, 0.6) is 0 Å². The highest BCUT2D eigenvalue weighted by molar-refractivity contribution is 5.60. The number of nitrogens with zero attached hydrogens (tertiary/aromatic N) is 5. The van der Waals surface area contributed by atoms with Gasteiger partial charge in [0.1, 0.15) is 17.5 Å². The predicted octanol–water partition coefficient (Wildman–Crippen LogP) is 3.01. The molecule has 29 heavy (non-hydrogen) atoms. The van der Waals surface area contributed by atoms with E-state index in [-0.39, 0.29) is 5.56 Å². The van der Waals surface area contributed by atoms with Gasteiger partial charge in [-0.3, -0.25) is 9.58 Å². The van der Waals surface area contributed by atoms with E-state index in [0.717, 1.165) is 43.5 Å². The van der Waals surface area contributed by atoms with E-state index < -0.39 is 11.6 Å². The lowest BCUT2D eigenvalue weighted by atomic mass is 10.1. The van der Waals surface area contributed by atoms with Crippen molar-refractivity contribution in [2.24, 2.45) is 18.9 Å². The molecule has 6 nitrogen and oxygen atoms in total. The van der Waals surface area contributed by atoms with Gasteiger partial charge < -0.3 is 5.32 Å². The fourth-order valence-corrected chi connectivity index (χ4v) is 4.32. The molecule has 3 aromatic rings. The van der Waals surface area contributed by atoms with Crippen LogP contribution in [0.25, 0.3) is 11.3 Å². The second-order valence-electron chi connectivity index (χ2n) is 8.02. The molecular formula is C21H22F2N6. The van der Waals surface area contributed by atoms with Gasteiger partial charge in [-0.1, -0.05) is 0 Å². The maximum absolute atomic E-state index is 13.9. The van der Waals surface area contributed by atoms with Crippen molar-refractivity contribution in [2.75, 3.05) is 18.4 Å². The molecule has 1 aliphatic carbocycles. The van der Waals surface area contributed by atoms with Crippen LogP contribution in [0, 0.1) is 30.4 Å². The van der Waals surface area contributed by atoms with Gasteiger partial charge in [0.2, 0.25) is 0 Å². The number of halogens is 2. The largest absolute Gasteiger partial charge is 0.365 e. The third-order valence-electron chi connectivity index (χ3n) is 6.00. The molecule has 1 N–H and O–H groups in total. The predicted molar refractivity (Wildman–Crippen MR) is 105 cm³/mol. The zero-order valence-corrected chi connectivity index (χ0v) is 16.3. The molecule has 3 heterocycles. The second kappa shape index (κ2) is 6.88. The third kappa shape index (κ3) is 3.48. The quantitative estimate of drug-likeness (QED) is 0.719. The summed E-state index contributed by atoms with van der Waals surface area (Å²) in [5.74, 6) is 0.851. The van der Waals surface area contributed by atoms with Crippen LogP contribution in [0.4, 0.5) is 14.6 Å². The highest BCUT2D eigenvalue weighted by Gasteiger charge is 2.55. The topological polar surface area (TPSA) is 58.9 Å². The fraction of sp³-hybridized carbons (Fsp3) is 0.381. The second-order valence-corrected chi connectivity index (χ2v) is 8.02. The van der Waals surface area contributed by atoms with Crippen molar-refractivity contribution in [3.8, 4) is 11.3 Å². The van der Waals surface area contributed by atoms with E-state index in [1.165, 1.54) is 5.69 Å². The number of aryl methyl sites for hydroxylation is 2. The first-order valence-electron chi connectivity index (χ1n) is 9.75. The standard InChI is InChI=1S/C21H22F2N6/c1-12-7-14(27-28(12)2)9-29-10-16-17(11-29)21(16)24-20-6-5-19(25-26-20)15-8-13(22)3-4-18(15)23/h3-8,16-17,21H,9-11H2,1-2H3,(H,24,26). The molecule has 8 heteroatoms. The molecule has 2 atom stereocenters. The van der Waals surface area contributed by atoms with Crippen molar-refractivity contribution in [2.45, 2.75) is 19.5 Å². The highest BCUT2D eigenvalue weighted by Crippen LogP contribution is 2.47. The van der Waals surface area contributed by atoms with Crippen molar-refractivity contribution in [1.82, 2.24) is 24.9 Å².